The lowest BCUT2D eigenvalue weighted by molar-refractivity contribution is 0.0978. The number of aryl methyl sites for hydroxylation is 1. The Kier molecular flexibility index (Phi) is 7.29. The third-order valence-corrected chi connectivity index (χ3v) is 5.32. The molecule has 0 saturated carbocycles. The maximum absolute atomic E-state index is 13.5. The van der Waals surface area contributed by atoms with Crippen molar-refractivity contribution in [2.24, 2.45) is 7.05 Å². The van der Waals surface area contributed by atoms with Crippen LogP contribution in [0.25, 0.3) is 10.2 Å². The van der Waals surface area contributed by atoms with E-state index in [0.717, 1.165) is 24.3 Å². The van der Waals surface area contributed by atoms with Gasteiger partial charge in [-0.15, -0.1) is 12.4 Å². The summed E-state index contributed by atoms with van der Waals surface area (Å²) in [4.78, 5) is 21.4. The third-order valence-electron chi connectivity index (χ3n) is 4.28. The van der Waals surface area contributed by atoms with E-state index in [0.29, 0.717) is 22.9 Å². The summed E-state index contributed by atoms with van der Waals surface area (Å²) in [5.74, 6) is -0.504. The number of hydrogen-bond acceptors (Lipinski definition) is 5. The van der Waals surface area contributed by atoms with Gasteiger partial charge < -0.3 is 4.90 Å². The maximum Gasteiger partial charge on any atom is 0.280 e. The van der Waals surface area contributed by atoms with Gasteiger partial charge in [0.25, 0.3) is 5.91 Å². The van der Waals surface area contributed by atoms with Gasteiger partial charge in [0.15, 0.2) is 10.8 Å². The number of carbonyl (C=O) groups is 1. The van der Waals surface area contributed by atoms with Crippen molar-refractivity contribution in [1.29, 1.82) is 0 Å². The zero-order chi connectivity index (χ0) is 18.7. The first kappa shape index (κ1) is 21.3. The molecule has 146 valence electrons. The van der Waals surface area contributed by atoms with Crippen LogP contribution in [0, 0.1) is 5.82 Å². The topological polar surface area (TPSA) is 54.3 Å². The molecule has 2 heterocycles. The molecule has 0 bridgehead atoms. The van der Waals surface area contributed by atoms with Crippen LogP contribution in [-0.4, -0.2) is 51.8 Å². The van der Waals surface area contributed by atoms with E-state index in [4.69, 9.17) is 0 Å². The van der Waals surface area contributed by atoms with Gasteiger partial charge in [-0.05, 0) is 37.4 Å². The number of hydrogen-bond donors (Lipinski definition) is 0. The van der Waals surface area contributed by atoms with E-state index in [9.17, 15) is 9.18 Å². The molecule has 0 N–H and O–H groups in total. The van der Waals surface area contributed by atoms with Gasteiger partial charge in [0.1, 0.15) is 5.82 Å². The van der Waals surface area contributed by atoms with Gasteiger partial charge in [0.05, 0.1) is 10.2 Å². The highest BCUT2D eigenvalue weighted by molar-refractivity contribution is 7.22. The first-order valence-corrected chi connectivity index (χ1v) is 9.43. The summed E-state index contributed by atoms with van der Waals surface area (Å²) < 4.78 is 15.8. The van der Waals surface area contributed by atoms with E-state index < -0.39 is 0 Å². The van der Waals surface area contributed by atoms with Crippen LogP contribution in [0.3, 0.4) is 0 Å². The van der Waals surface area contributed by atoms with Crippen molar-refractivity contribution in [2.75, 3.05) is 31.1 Å². The van der Waals surface area contributed by atoms with Gasteiger partial charge in [-0.3, -0.25) is 14.4 Å². The Morgan fingerprint density at radius 3 is 2.59 bits per heavy atom. The molecule has 0 aliphatic carbocycles. The number of amides is 1. The lowest BCUT2D eigenvalue weighted by Gasteiger charge is -2.24. The molecule has 1 aromatic carbocycles. The number of thiazole rings is 1. The molecule has 9 heteroatoms. The SMILES string of the molecule is CCN(CC)CCN(C(=O)c1ccn(C)n1)c1nc2ccc(F)cc2s1.Cl. The molecule has 0 atom stereocenters. The Bertz CT molecular complexity index is 908. The highest BCUT2D eigenvalue weighted by Crippen LogP contribution is 2.30. The first-order chi connectivity index (χ1) is 12.5. The minimum Gasteiger partial charge on any atom is -0.302 e. The zero-order valence-electron chi connectivity index (χ0n) is 15.6. The van der Waals surface area contributed by atoms with Crippen molar-refractivity contribution < 1.29 is 9.18 Å². The fourth-order valence-corrected chi connectivity index (χ4v) is 3.75. The number of carbonyl (C=O) groups excluding carboxylic acids is 1. The Balaban J connectivity index is 0.00000261. The number of rotatable bonds is 7. The summed E-state index contributed by atoms with van der Waals surface area (Å²) in [5.41, 5.74) is 1.06. The van der Waals surface area contributed by atoms with Gasteiger partial charge >= 0.3 is 0 Å². The quantitative estimate of drug-likeness (QED) is 0.596. The molecular weight excluding hydrogens is 389 g/mol. The van der Waals surface area contributed by atoms with E-state index in [1.807, 2.05) is 0 Å². The fourth-order valence-electron chi connectivity index (χ4n) is 2.73. The summed E-state index contributed by atoms with van der Waals surface area (Å²) in [6, 6.07) is 6.16. The minimum atomic E-state index is -0.307. The fraction of sp³-hybridized carbons (Fsp3) is 0.389. The second kappa shape index (κ2) is 9.25. The molecule has 0 radical (unpaired) electrons. The normalized spacial score (nSPS) is 11.0. The predicted molar refractivity (Wildman–Crippen MR) is 109 cm³/mol. The highest BCUT2D eigenvalue weighted by atomic mass is 35.5. The number of anilines is 1. The van der Waals surface area contributed by atoms with Gasteiger partial charge in [0.2, 0.25) is 0 Å². The van der Waals surface area contributed by atoms with Crippen molar-refractivity contribution in [3.63, 3.8) is 0 Å². The Hall–Kier alpha value is -2.03. The zero-order valence-corrected chi connectivity index (χ0v) is 17.2. The van der Waals surface area contributed by atoms with Crippen LogP contribution >= 0.6 is 23.7 Å². The molecular formula is C18H23ClFN5OS. The summed E-state index contributed by atoms with van der Waals surface area (Å²) in [5, 5.41) is 4.78. The first-order valence-electron chi connectivity index (χ1n) is 8.61. The summed E-state index contributed by atoms with van der Waals surface area (Å²) in [6.07, 6.45) is 1.74. The van der Waals surface area contributed by atoms with Crippen molar-refractivity contribution in [3.05, 3.63) is 42.0 Å². The smallest absolute Gasteiger partial charge is 0.280 e. The second-order valence-corrected chi connectivity index (χ2v) is 6.98. The molecule has 0 aliphatic rings. The number of nitrogens with zero attached hydrogens (tertiary/aromatic N) is 5. The minimum absolute atomic E-state index is 0. The van der Waals surface area contributed by atoms with Gasteiger partial charge in [-0.25, -0.2) is 9.37 Å². The average Bonchev–Trinajstić information content (AvgIpc) is 3.24. The van der Waals surface area contributed by atoms with E-state index in [1.54, 1.807) is 35.0 Å². The lowest BCUT2D eigenvalue weighted by Crippen LogP contribution is -2.39. The molecule has 0 unspecified atom stereocenters. The largest absolute Gasteiger partial charge is 0.302 e. The Morgan fingerprint density at radius 1 is 1.22 bits per heavy atom. The Morgan fingerprint density at radius 2 is 1.96 bits per heavy atom. The molecule has 0 spiro atoms. The van der Waals surface area contributed by atoms with E-state index in [2.05, 4.69) is 28.8 Å². The van der Waals surface area contributed by atoms with Gasteiger partial charge in [-0.1, -0.05) is 25.2 Å². The maximum atomic E-state index is 13.5. The molecule has 27 heavy (non-hydrogen) atoms. The molecule has 3 rings (SSSR count). The van der Waals surface area contributed by atoms with E-state index >= 15 is 0 Å². The standard InChI is InChI=1S/C18H22FN5OS.ClH/c1-4-23(5-2)10-11-24(17(25)15-8-9-22(3)21-15)18-20-14-7-6-13(19)12-16(14)26-18;/h6-9,12H,4-5,10-11H2,1-3H3;1H. The van der Waals surface area contributed by atoms with E-state index in [-0.39, 0.29) is 24.1 Å². The van der Waals surface area contributed by atoms with Crippen LogP contribution in [0.4, 0.5) is 9.52 Å². The van der Waals surface area contributed by atoms with Crippen LogP contribution in [0.2, 0.25) is 0 Å². The number of aromatic nitrogens is 3. The van der Waals surface area contributed by atoms with Gasteiger partial charge in [-0.2, -0.15) is 5.10 Å². The molecule has 0 saturated heterocycles. The van der Waals surface area contributed by atoms with Gasteiger partial charge in [0, 0.05) is 26.3 Å². The second-order valence-electron chi connectivity index (χ2n) is 5.97. The van der Waals surface area contributed by atoms with E-state index in [1.165, 1.54) is 23.5 Å². The number of likely N-dealkylation sites (N-methyl/N-ethyl adjacent to an activating group) is 1. The molecule has 2 aromatic heterocycles. The molecule has 0 fully saturated rings. The van der Waals surface area contributed by atoms with Crippen LogP contribution < -0.4 is 4.90 Å². The summed E-state index contributed by atoms with van der Waals surface area (Å²) in [7, 11) is 1.78. The van der Waals surface area contributed by atoms with Crippen molar-refractivity contribution in [3.8, 4) is 0 Å². The summed E-state index contributed by atoms with van der Waals surface area (Å²) in [6.45, 7) is 7.24. The number of benzene rings is 1. The highest BCUT2D eigenvalue weighted by Gasteiger charge is 2.23. The number of halogens is 2. The van der Waals surface area contributed by atoms with Crippen molar-refractivity contribution in [2.45, 2.75) is 13.8 Å². The molecule has 6 nitrogen and oxygen atoms in total. The molecule has 1 amide bonds. The van der Waals surface area contributed by atoms with Crippen molar-refractivity contribution in [1.82, 2.24) is 19.7 Å². The summed E-state index contributed by atoms with van der Waals surface area (Å²) >= 11 is 1.32. The lowest BCUT2D eigenvalue weighted by atomic mass is 10.3. The van der Waals surface area contributed by atoms with Crippen LogP contribution in [0.1, 0.15) is 24.3 Å². The van der Waals surface area contributed by atoms with Crippen LogP contribution in [0.5, 0.6) is 0 Å². The molecule has 0 aliphatic heterocycles. The molecule has 3 aromatic rings. The third kappa shape index (κ3) is 4.82. The number of fused-ring (bicyclic) bond motifs is 1. The van der Waals surface area contributed by atoms with Crippen LogP contribution in [-0.2, 0) is 7.05 Å². The average molecular weight is 412 g/mol. The predicted octanol–water partition coefficient (Wildman–Crippen LogP) is 3.58. The van der Waals surface area contributed by atoms with Crippen molar-refractivity contribution >= 4 is 45.0 Å². The Labute approximate surface area is 168 Å². The monoisotopic (exact) mass is 411 g/mol. The van der Waals surface area contributed by atoms with Crippen LogP contribution in [0.15, 0.2) is 30.5 Å².